The van der Waals surface area contributed by atoms with E-state index in [9.17, 15) is 9.59 Å². The Morgan fingerprint density at radius 1 is 1.22 bits per heavy atom. The van der Waals surface area contributed by atoms with Crippen molar-refractivity contribution >= 4 is 46.3 Å². The molecule has 3 aromatic rings. The molecule has 0 fully saturated rings. The molecule has 5 nitrogen and oxygen atoms in total. The SMILES string of the molecule is CC(=O)c1cc2c(Cl)nc(Cl)nc2n1Cc1ccc(C=O)cc1. The average Bonchev–Trinajstić information content (AvgIpc) is 2.87. The lowest BCUT2D eigenvalue weighted by atomic mass is 10.1. The summed E-state index contributed by atoms with van der Waals surface area (Å²) in [4.78, 5) is 30.8. The van der Waals surface area contributed by atoms with Crippen LogP contribution in [0.15, 0.2) is 30.3 Å². The molecule has 0 aliphatic rings. The molecule has 0 atom stereocenters. The summed E-state index contributed by atoms with van der Waals surface area (Å²) in [6, 6.07) is 8.75. The van der Waals surface area contributed by atoms with E-state index in [1.807, 2.05) is 12.1 Å². The Kier molecular flexibility index (Phi) is 4.15. The number of fused-ring (bicyclic) bond motifs is 1. The molecule has 1 aromatic carbocycles. The maximum atomic E-state index is 11.9. The number of benzene rings is 1. The zero-order chi connectivity index (χ0) is 16.6. The van der Waals surface area contributed by atoms with Crippen molar-refractivity contribution in [3.63, 3.8) is 0 Å². The Morgan fingerprint density at radius 3 is 2.52 bits per heavy atom. The molecule has 0 aliphatic heterocycles. The van der Waals surface area contributed by atoms with Gasteiger partial charge in [0.25, 0.3) is 0 Å². The summed E-state index contributed by atoms with van der Waals surface area (Å²) in [5.41, 5.74) is 2.48. The predicted molar refractivity (Wildman–Crippen MR) is 88.5 cm³/mol. The Balaban J connectivity index is 2.15. The molecule has 116 valence electrons. The molecule has 0 saturated heterocycles. The van der Waals surface area contributed by atoms with Crippen LogP contribution in [0.5, 0.6) is 0 Å². The molecule has 0 saturated carbocycles. The first-order valence-electron chi connectivity index (χ1n) is 6.77. The predicted octanol–water partition coefficient (Wildman–Crippen LogP) is 3.80. The standard InChI is InChI=1S/C16H11Cl2N3O2/c1-9(23)13-6-12-14(17)19-16(18)20-15(12)21(13)7-10-2-4-11(8-22)5-3-10/h2-6,8H,7H2,1H3. The summed E-state index contributed by atoms with van der Waals surface area (Å²) in [6.45, 7) is 1.88. The highest BCUT2D eigenvalue weighted by Gasteiger charge is 2.17. The third kappa shape index (κ3) is 2.98. The van der Waals surface area contributed by atoms with E-state index in [0.29, 0.717) is 28.8 Å². The number of ketones is 1. The van der Waals surface area contributed by atoms with Crippen LogP contribution in [-0.2, 0) is 6.54 Å². The number of carbonyl (C=O) groups is 2. The zero-order valence-electron chi connectivity index (χ0n) is 12.1. The summed E-state index contributed by atoms with van der Waals surface area (Å²) in [5, 5.41) is 0.802. The Bertz CT molecular complexity index is 917. The third-order valence-corrected chi connectivity index (χ3v) is 3.95. The van der Waals surface area contributed by atoms with Crippen LogP contribution < -0.4 is 0 Å². The number of nitrogens with zero attached hydrogens (tertiary/aromatic N) is 3. The average molecular weight is 348 g/mol. The Labute approximate surface area is 141 Å². The molecule has 23 heavy (non-hydrogen) atoms. The van der Waals surface area contributed by atoms with Gasteiger partial charge in [-0.3, -0.25) is 9.59 Å². The van der Waals surface area contributed by atoms with Crippen molar-refractivity contribution in [3.05, 3.63) is 57.6 Å². The second kappa shape index (κ2) is 6.10. The van der Waals surface area contributed by atoms with E-state index >= 15 is 0 Å². The van der Waals surface area contributed by atoms with Crippen molar-refractivity contribution in [3.8, 4) is 0 Å². The summed E-state index contributed by atoms with van der Waals surface area (Å²) < 4.78 is 1.74. The first kappa shape index (κ1) is 15.6. The second-order valence-electron chi connectivity index (χ2n) is 5.05. The lowest BCUT2D eigenvalue weighted by molar-refractivity contribution is 0.100. The normalized spacial score (nSPS) is 10.9. The minimum absolute atomic E-state index is 0.0215. The fourth-order valence-electron chi connectivity index (χ4n) is 2.40. The molecule has 0 N–H and O–H groups in total. The van der Waals surface area contributed by atoms with E-state index < -0.39 is 0 Å². The first-order valence-corrected chi connectivity index (χ1v) is 7.52. The van der Waals surface area contributed by atoms with Crippen molar-refractivity contribution in [2.24, 2.45) is 0 Å². The molecule has 7 heteroatoms. The van der Waals surface area contributed by atoms with Gasteiger partial charge in [0.15, 0.2) is 5.78 Å². The van der Waals surface area contributed by atoms with Gasteiger partial charge < -0.3 is 4.57 Å². The first-order chi connectivity index (χ1) is 11.0. The molecular weight excluding hydrogens is 337 g/mol. The van der Waals surface area contributed by atoms with Gasteiger partial charge in [0, 0.05) is 19.0 Å². The lowest BCUT2D eigenvalue weighted by Gasteiger charge is -2.09. The van der Waals surface area contributed by atoms with Gasteiger partial charge in [-0.2, -0.15) is 4.98 Å². The van der Waals surface area contributed by atoms with Gasteiger partial charge in [0.05, 0.1) is 11.1 Å². The van der Waals surface area contributed by atoms with Crippen molar-refractivity contribution in [1.29, 1.82) is 0 Å². The molecule has 0 unspecified atom stereocenters. The monoisotopic (exact) mass is 347 g/mol. The van der Waals surface area contributed by atoms with Gasteiger partial charge in [-0.15, -0.1) is 0 Å². The van der Waals surface area contributed by atoms with Crippen LogP contribution in [0.25, 0.3) is 11.0 Å². The van der Waals surface area contributed by atoms with Crippen molar-refractivity contribution in [2.75, 3.05) is 0 Å². The van der Waals surface area contributed by atoms with Crippen LogP contribution in [0.1, 0.15) is 33.3 Å². The highest BCUT2D eigenvalue weighted by atomic mass is 35.5. The van der Waals surface area contributed by atoms with Crippen LogP contribution in [0.2, 0.25) is 10.4 Å². The number of rotatable bonds is 4. The van der Waals surface area contributed by atoms with Crippen LogP contribution >= 0.6 is 23.2 Å². The minimum Gasteiger partial charge on any atom is -0.318 e. The van der Waals surface area contributed by atoms with E-state index in [4.69, 9.17) is 23.2 Å². The summed E-state index contributed by atoms with van der Waals surface area (Å²) in [5.74, 6) is -0.111. The number of hydrogen-bond donors (Lipinski definition) is 0. The van der Waals surface area contributed by atoms with Gasteiger partial charge in [0.2, 0.25) is 5.28 Å². The summed E-state index contributed by atoms with van der Waals surface area (Å²) in [6.07, 6.45) is 0.780. The molecule has 0 aliphatic carbocycles. The van der Waals surface area contributed by atoms with Crippen molar-refractivity contribution in [2.45, 2.75) is 13.5 Å². The fraction of sp³-hybridized carbons (Fsp3) is 0.125. The van der Waals surface area contributed by atoms with Gasteiger partial charge in [-0.1, -0.05) is 35.9 Å². The largest absolute Gasteiger partial charge is 0.318 e. The van der Waals surface area contributed by atoms with E-state index in [2.05, 4.69) is 9.97 Å². The molecular formula is C16H11Cl2N3O2. The number of halogens is 2. The molecule has 0 amide bonds. The molecule has 2 aromatic heterocycles. The maximum Gasteiger partial charge on any atom is 0.225 e. The molecule has 0 spiro atoms. The molecule has 0 radical (unpaired) electrons. The van der Waals surface area contributed by atoms with E-state index in [-0.39, 0.29) is 16.2 Å². The van der Waals surface area contributed by atoms with E-state index in [0.717, 1.165) is 11.8 Å². The Hall–Kier alpha value is -2.24. The summed E-state index contributed by atoms with van der Waals surface area (Å²) in [7, 11) is 0. The lowest BCUT2D eigenvalue weighted by Crippen LogP contribution is -2.08. The number of aromatic nitrogens is 3. The fourth-order valence-corrected chi connectivity index (χ4v) is 2.83. The maximum absolute atomic E-state index is 11.9. The number of carbonyl (C=O) groups excluding carboxylic acids is 2. The van der Waals surface area contributed by atoms with E-state index in [1.54, 1.807) is 22.8 Å². The van der Waals surface area contributed by atoms with Gasteiger partial charge >= 0.3 is 0 Å². The van der Waals surface area contributed by atoms with E-state index in [1.165, 1.54) is 6.92 Å². The molecule has 3 rings (SSSR count). The minimum atomic E-state index is -0.111. The quantitative estimate of drug-likeness (QED) is 0.311. The number of Topliss-reactive ketones (excluding diaryl/α,β-unsaturated/α-hetero) is 1. The third-order valence-electron chi connectivity index (χ3n) is 3.50. The van der Waals surface area contributed by atoms with Crippen LogP contribution in [0.3, 0.4) is 0 Å². The number of aldehydes is 1. The topological polar surface area (TPSA) is 64.8 Å². The van der Waals surface area contributed by atoms with Crippen LogP contribution in [-0.4, -0.2) is 26.6 Å². The van der Waals surface area contributed by atoms with Gasteiger partial charge in [0.1, 0.15) is 17.1 Å². The van der Waals surface area contributed by atoms with Crippen molar-refractivity contribution in [1.82, 2.24) is 14.5 Å². The highest BCUT2D eigenvalue weighted by molar-refractivity contribution is 6.35. The summed E-state index contributed by atoms with van der Waals surface area (Å²) >= 11 is 12.0. The van der Waals surface area contributed by atoms with Crippen molar-refractivity contribution < 1.29 is 9.59 Å². The zero-order valence-corrected chi connectivity index (χ0v) is 13.6. The molecule has 0 bridgehead atoms. The number of hydrogen-bond acceptors (Lipinski definition) is 4. The second-order valence-corrected chi connectivity index (χ2v) is 5.75. The van der Waals surface area contributed by atoms with Gasteiger partial charge in [-0.05, 0) is 23.2 Å². The van der Waals surface area contributed by atoms with Crippen LogP contribution in [0, 0.1) is 0 Å². The molecule has 2 heterocycles. The smallest absolute Gasteiger partial charge is 0.225 e. The highest BCUT2D eigenvalue weighted by Crippen LogP contribution is 2.27. The van der Waals surface area contributed by atoms with Crippen LogP contribution in [0.4, 0.5) is 0 Å². The van der Waals surface area contributed by atoms with Gasteiger partial charge in [-0.25, -0.2) is 4.98 Å². The Morgan fingerprint density at radius 2 is 1.91 bits per heavy atom.